The van der Waals surface area contributed by atoms with Crippen LogP contribution in [-0.4, -0.2) is 41.0 Å². The van der Waals surface area contributed by atoms with E-state index in [1.165, 1.54) is 0 Å². The number of hydrogen-bond acceptors (Lipinski definition) is 4. The van der Waals surface area contributed by atoms with E-state index in [1.807, 2.05) is 31.2 Å². The number of anilines is 1. The van der Waals surface area contributed by atoms with Gasteiger partial charge in [-0.1, -0.05) is 19.1 Å². The lowest BCUT2D eigenvalue weighted by Gasteiger charge is -2.11. The van der Waals surface area contributed by atoms with E-state index in [0.29, 0.717) is 24.0 Å². The highest BCUT2D eigenvalue weighted by molar-refractivity contribution is 5.89. The van der Waals surface area contributed by atoms with Crippen LogP contribution in [0.2, 0.25) is 0 Å². The number of ether oxygens (including phenoxy) is 1. The third-order valence-corrected chi connectivity index (χ3v) is 3.82. The van der Waals surface area contributed by atoms with Gasteiger partial charge in [-0.2, -0.15) is 5.10 Å². The molecule has 1 unspecified atom stereocenters. The van der Waals surface area contributed by atoms with E-state index in [0.717, 1.165) is 37.4 Å². The Hall–Kier alpha value is -2.41. The Bertz CT molecular complexity index is 664. The summed E-state index contributed by atoms with van der Waals surface area (Å²) in [7, 11) is 0. The van der Waals surface area contributed by atoms with E-state index < -0.39 is 0 Å². The lowest BCUT2D eigenvalue weighted by atomic mass is 10.1. The number of urea groups is 1. The number of aromatic amines is 1. The monoisotopic (exact) mass is 315 g/mol. The van der Waals surface area contributed by atoms with Gasteiger partial charge in [0.05, 0.1) is 6.61 Å². The maximum absolute atomic E-state index is 12.0. The minimum atomic E-state index is -0.210. The number of carbonyl (C=O) groups is 1. The highest BCUT2D eigenvalue weighted by Crippen LogP contribution is 2.19. The highest BCUT2D eigenvalue weighted by Gasteiger charge is 2.16. The van der Waals surface area contributed by atoms with Crippen molar-refractivity contribution in [1.82, 2.24) is 20.5 Å². The van der Waals surface area contributed by atoms with Crippen molar-refractivity contribution < 1.29 is 9.53 Å². The Morgan fingerprint density at radius 2 is 2.39 bits per heavy atom. The van der Waals surface area contributed by atoms with Crippen LogP contribution < -0.4 is 10.6 Å². The van der Waals surface area contributed by atoms with Crippen molar-refractivity contribution in [2.24, 2.45) is 5.92 Å². The molecule has 0 saturated carbocycles. The molecule has 1 fully saturated rings. The Morgan fingerprint density at radius 3 is 3.13 bits per heavy atom. The van der Waals surface area contributed by atoms with Crippen LogP contribution in [0.4, 0.5) is 10.5 Å². The summed E-state index contributed by atoms with van der Waals surface area (Å²) >= 11 is 0. The summed E-state index contributed by atoms with van der Waals surface area (Å²) in [5.74, 6) is 1.89. The van der Waals surface area contributed by atoms with Gasteiger partial charge in [0.15, 0.2) is 5.82 Å². The molecule has 7 heteroatoms. The first kappa shape index (κ1) is 15.5. The molecule has 2 aromatic rings. The Kier molecular flexibility index (Phi) is 4.87. The van der Waals surface area contributed by atoms with Gasteiger partial charge < -0.3 is 15.4 Å². The van der Waals surface area contributed by atoms with Gasteiger partial charge in [0.25, 0.3) is 0 Å². The Labute approximate surface area is 134 Å². The van der Waals surface area contributed by atoms with Gasteiger partial charge in [0.1, 0.15) is 5.82 Å². The number of nitrogens with one attached hydrogen (secondary N) is 3. The van der Waals surface area contributed by atoms with Crippen LogP contribution in [0.15, 0.2) is 24.3 Å². The molecule has 1 atom stereocenters. The predicted octanol–water partition coefficient (Wildman–Crippen LogP) is 2.19. The first-order valence-corrected chi connectivity index (χ1v) is 7.89. The Morgan fingerprint density at radius 1 is 1.48 bits per heavy atom. The molecule has 7 nitrogen and oxygen atoms in total. The number of benzene rings is 1. The van der Waals surface area contributed by atoms with Crippen molar-refractivity contribution in [3.8, 4) is 11.4 Å². The van der Waals surface area contributed by atoms with Crippen molar-refractivity contribution in [2.45, 2.75) is 19.8 Å². The third-order valence-electron chi connectivity index (χ3n) is 3.82. The molecule has 2 heterocycles. The summed E-state index contributed by atoms with van der Waals surface area (Å²) in [6.07, 6.45) is 1.80. The zero-order valence-electron chi connectivity index (χ0n) is 13.1. The molecule has 1 aliphatic rings. The van der Waals surface area contributed by atoms with Gasteiger partial charge in [-0.25, -0.2) is 9.78 Å². The molecule has 122 valence electrons. The van der Waals surface area contributed by atoms with Gasteiger partial charge in [0.2, 0.25) is 0 Å². The van der Waals surface area contributed by atoms with Gasteiger partial charge >= 0.3 is 6.03 Å². The van der Waals surface area contributed by atoms with Crippen LogP contribution in [0, 0.1) is 5.92 Å². The van der Waals surface area contributed by atoms with Crippen LogP contribution in [0.25, 0.3) is 11.4 Å². The number of rotatable bonds is 5. The zero-order valence-corrected chi connectivity index (χ0v) is 13.1. The minimum Gasteiger partial charge on any atom is -0.381 e. The topological polar surface area (TPSA) is 91.9 Å². The fraction of sp³-hybridized carbons (Fsp3) is 0.438. The summed E-state index contributed by atoms with van der Waals surface area (Å²) < 4.78 is 5.30. The second-order valence-corrected chi connectivity index (χ2v) is 5.60. The average molecular weight is 315 g/mol. The molecule has 1 aliphatic heterocycles. The largest absolute Gasteiger partial charge is 0.381 e. The summed E-state index contributed by atoms with van der Waals surface area (Å²) in [6.45, 7) is 4.15. The average Bonchev–Trinajstić information content (AvgIpc) is 3.24. The first-order valence-electron chi connectivity index (χ1n) is 7.89. The summed E-state index contributed by atoms with van der Waals surface area (Å²) in [5.41, 5.74) is 1.58. The number of nitrogens with zero attached hydrogens (tertiary/aromatic N) is 2. The molecular weight excluding hydrogens is 294 g/mol. The molecule has 0 aliphatic carbocycles. The number of hydrogen-bond donors (Lipinski definition) is 3. The summed E-state index contributed by atoms with van der Waals surface area (Å²) in [4.78, 5) is 16.4. The predicted molar refractivity (Wildman–Crippen MR) is 87.1 cm³/mol. The number of carbonyl (C=O) groups excluding carboxylic acids is 1. The maximum Gasteiger partial charge on any atom is 0.319 e. The van der Waals surface area contributed by atoms with Crippen LogP contribution in [0.3, 0.4) is 0 Å². The van der Waals surface area contributed by atoms with Crippen molar-refractivity contribution in [3.63, 3.8) is 0 Å². The van der Waals surface area contributed by atoms with E-state index in [1.54, 1.807) is 0 Å². The van der Waals surface area contributed by atoms with Gasteiger partial charge in [0, 0.05) is 36.7 Å². The Balaban J connectivity index is 1.59. The normalized spacial score (nSPS) is 17.2. The van der Waals surface area contributed by atoms with Crippen LogP contribution >= 0.6 is 0 Å². The molecule has 0 spiro atoms. The standard InChI is InChI=1S/C16H21N5O2/c1-2-14-19-15(21-20-14)12-4-3-5-13(8-12)18-16(22)17-9-11-6-7-23-10-11/h3-5,8,11H,2,6-7,9-10H2,1H3,(H2,17,18,22)(H,19,20,21). The second-order valence-electron chi connectivity index (χ2n) is 5.60. The molecule has 2 amide bonds. The molecule has 23 heavy (non-hydrogen) atoms. The molecule has 0 radical (unpaired) electrons. The fourth-order valence-corrected chi connectivity index (χ4v) is 2.48. The lowest BCUT2D eigenvalue weighted by Crippen LogP contribution is -2.33. The zero-order chi connectivity index (χ0) is 16.1. The molecule has 3 rings (SSSR count). The molecule has 3 N–H and O–H groups in total. The number of amides is 2. The van der Waals surface area contributed by atoms with Crippen molar-refractivity contribution in [3.05, 3.63) is 30.1 Å². The molecule has 1 aromatic heterocycles. The van der Waals surface area contributed by atoms with Crippen molar-refractivity contribution in [2.75, 3.05) is 25.1 Å². The van der Waals surface area contributed by atoms with Gasteiger partial charge in [-0.05, 0) is 18.6 Å². The fourth-order valence-electron chi connectivity index (χ4n) is 2.48. The van der Waals surface area contributed by atoms with Crippen LogP contribution in [0.1, 0.15) is 19.2 Å². The number of H-pyrrole nitrogens is 1. The van der Waals surface area contributed by atoms with E-state index in [9.17, 15) is 4.79 Å². The van der Waals surface area contributed by atoms with Gasteiger partial charge in [-0.3, -0.25) is 5.10 Å². The molecule has 1 aromatic carbocycles. The lowest BCUT2D eigenvalue weighted by molar-refractivity contribution is 0.185. The SMILES string of the molecule is CCc1nc(-c2cccc(NC(=O)NCC3CCOC3)c2)n[nH]1. The summed E-state index contributed by atoms with van der Waals surface area (Å²) in [5, 5.41) is 12.8. The first-order chi connectivity index (χ1) is 11.2. The van der Waals surface area contributed by atoms with E-state index >= 15 is 0 Å². The maximum atomic E-state index is 12.0. The van der Waals surface area contributed by atoms with Crippen molar-refractivity contribution >= 4 is 11.7 Å². The number of aryl methyl sites for hydroxylation is 1. The van der Waals surface area contributed by atoms with E-state index in [-0.39, 0.29) is 6.03 Å². The second kappa shape index (κ2) is 7.23. The summed E-state index contributed by atoms with van der Waals surface area (Å²) in [6, 6.07) is 7.29. The molecule has 1 saturated heterocycles. The molecule has 0 bridgehead atoms. The quantitative estimate of drug-likeness (QED) is 0.788. The van der Waals surface area contributed by atoms with Crippen LogP contribution in [0.5, 0.6) is 0 Å². The third kappa shape index (κ3) is 4.07. The van der Waals surface area contributed by atoms with E-state index in [4.69, 9.17) is 4.74 Å². The number of aromatic nitrogens is 3. The van der Waals surface area contributed by atoms with E-state index in [2.05, 4.69) is 25.8 Å². The highest BCUT2D eigenvalue weighted by atomic mass is 16.5. The molecular formula is C16H21N5O2. The van der Waals surface area contributed by atoms with Gasteiger partial charge in [-0.15, -0.1) is 0 Å². The minimum absolute atomic E-state index is 0.210. The van der Waals surface area contributed by atoms with Crippen molar-refractivity contribution in [1.29, 1.82) is 0 Å². The smallest absolute Gasteiger partial charge is 0.319 e. The van der Waals surface area contributed by atoms with Crippen LogP contribution in [-0.2, 0) is 11.2 Å².